The van der Waals surface area contributed by atoms with Crippen LogP contribution in [0.3, 0.4) is 0 Å². The number of aromatic nitrogens is 1. The molecule has 1 unspecified atom stereocenters. The molecule has 0 radical (unpaired) electrons. The van der Waals surface area contributed by atoms with Crippen LogP contribution in [0.5, 0.6) is 0 Å². The Morgan fingerprint density at radius 3 is 2.38 bits per heavy atom. The largest absolute Gasteiger partial charge is 0.306 e. The van der Waals surface area contributed by atoms with Gasteiger partial charge in [0.15, 0.2) is 0 Å². The molecule has 0 amide bonds. The summed E-state index contributed by atoms with van der Waals surface area (Å²) in [7, 11) is 0. The Hall–Kier alpha value is -1.67. The van der Waals surface area contributed by atoms with E-state index in [1.807, 2.05) is 12.4 Å². The lowest BCUT2D eigenvalue weighted by Crippen LogP contribution is -2.25. The number of nitrogens with one attached hydrogen (secondary N) is 1. The van der Waals surface area contributed by atoms with Crippen molar-refractivity contribution in [2.45, 2.75) is 46.7 Å². The maximum Gasteiger partial charge on any atom is 0.0346 e. The molecule has 0 aliphatic heterocycles. The van der Waals surface area contributed by atoms with Crippen LogP contribution in [0.2, 0.25) is 0 Å². The summed E-state index contributed by atoms with van der Waals surface area (Å²) >= 11 is 0. The topological polar surface area (TPSA) is 24.9 Å². The molecule has 0 saturated carbocycles. The van der Waals surface area contributed by atoms with E-state index in [-0.39, 0.29) is 0 Å². The molecule has 1 N–H and O–H groups in total. The van der Waals surface area contributed by atoms with Gasteiger partial charge in [0.1, 0.15) is 0 Å². The maximum absolute atomic E-state index is 4.22. The fourth-order valence-corrected chi connectivity index (χ4v) is 2.60. The lowest BCUT2D eigenvalue weighted by molar-refractivity contribution is 0.410. The third-order valence-electron chi connectivity index (χ3n) is 4.07. The Morgan fingerprint density at radius 2 is 1.81 bits per heavy atom. The quantitative estimate of drug-likeness (QED) is 0.847. The minimum atomic E-state index is 0.371. The second-order valence-electron chi connectivity index (χ2n) is 6.00. The van der Waals surface area contributed by atoms with Crippen molar-refractivity contribution < 1.29 is 0 Å². The average molecular weight is 282 g/mol. The van der Waals surface area contributed by atoms with Crippen molar-refractivity contribution in [1.29, 1.82) is 0 Å². The van der Waals surface area contributed by atoms with Gasteiger partial charge in [0.2, 0.25) is 0 Å². The second kappa shape index (κ2) is 7.37. The zero-order valence-corrected chi connectivity index (χ0v) is 13.6. The Balaban J connectivity index is 2.10. The van der Waals surface area contributed by atoms with Gasteiger partial charge >= 0.3 is 0 Å². The van der Waals surface area contributed by atoms with Crippen molar-refractivity contribution in [2.24, 2.45) is 5.92 Å². The molecule has 0 bridgehead atoms. The van der Waals surface area contributed by atoms with Crippen molar-refractivity contribution >= 4 is 0 Å². The fraction of sp³-hybridized carbons (Fsp3) is 0.421. The number of benzene rings is 1. The summed E-state index contributed by atoms with van der Waals surface area (Å²) < 4.78 is 0. The van der Waals surface area contributed by atoms with Gasteiger partial charge in [0.25, 0.3) is 0 Å². The van der Waals surface area contributed by atoms with Gasteiger partial charge in [0.05, 0.1) is 0 Å². The predicted molar refractivity (Wildman–Crippen MR) is 89.2 cm³/mol. The minimum Gasteiger partial charge on any atom is -0.306 e. The van der Waals surface area contributed by atoms with Crippen LogP contribution in [-0.2, 0) is 13.0 Å². The number of rotatable bonds is 6. The molecule has 0 fully saturated rings. The molecule has 21 heavy (non-hydrogen) atoms. The van der Waals surface area contributed by atoms with Gasteiger partial charge in [-0.1, -0.05) is 45.0 Å². The lowest BCUT2D eigenvalue weighted by Gasteiger charge is -2.23. The highest BCUT2D eigenvalue weighted by atomic mass is 14.9. The standard InChI is InChI=1S/C19H26N2/c1-5-16-6-8-17(9-7-16)19(14(2)3)21-13-18-12-20-11-10-15(18)4/h6-12,14,19,21H,5,13H2,1-4H3. The first-order valence-corrected chi connectivity index (χ1v) is 7.83. The van der Waals surface area contributed by atoms with E-state index in [4.69, 9.17) is 0 Å². The maximum atomic E-state index is 4.22. The van der Waals surface area contributed by atoms with Crippen LogP contribution in [0.25, 0.3) is 0 Å². The molecule has 1 atom stereocenters. The van der Waals surface area contributed by atoms with Crippen LogP contribution in [-0.4, -0.2) is 4.98 Å². The first-order chi connectivity index (χ1) is 10.1. The Morgan fingerprint density at radius 1 is 1.10 bits per heavy atom. The predicted octanol–water partition coefficient (Wildman–Crippen LogP) is 4.44. The van der Waals surface area contributed by atoms with Crippen LogP contribution in [0.1, 0.15) is 49.1 Å². The van der Waals surface area contributed by atoms with E-state index < -0.39 is 0 Å². The SMILES string of the molecule is CCc1ccc(C(NCc2cnccc2C)C(C)C)cc1. The normalized spacial score (nSPS) is 12.6. The smallest absolute Gasteiger partial charge is 0.0346 e. The summed E-state index contributed by atoms with van der Waals surface area (Å²) in [5.41, 5.74) is 5.32. The van der Waals surface area contributed by atoms with E-state index in [2.05, 4.69) is 68.3 Å². The molecule has 1 heterocycles. The fourth-order valence-electron chi connectivity index (χ4n) is 2.60. The van der Waals surface area contributed by atoms with Crippen LogP contribution in [0.15, 0.2) is 42.7 Å². The van der Waals surface area contributed by atoms with Gasteiger partial charge in [-0.25, -0.2) is 0 Å². The van der Waals surface area contributed by atoms with Gasteiger partial charge in [-0.3, -0.25) is 4.98 Å². The molecule has 1 aromatic heterocycles. The molecule has 0 spiro atoms. The number of nitrogens with zero attached hydrogens (tertiary/aromatic N) is 1. The number of hydrogen-bond acceptors (Lipinski definition) is 2. The molecule has 2 aromatic rings. The van der Waals surface area contributed by atoms with Crippen molar-refractivity contribution in [3.05, 3.63) is 65.0 Å². The van der Waals surface area contributed by atoms with E-state index in [1.54, 1.807) is 0 Å². The van der Waals surface area contributed by atoms with Crippen LogP contribution in [0.4, 0.5) is 0 Å². The van der Waals surface area contributed by atoms with E-state index >= 15 is 0 Å². The molecule has 0 aliphatic rings. The Bertz CT molecular complexity index is 558. The van der Waals surface area contributed by atoms with E-state index in [0.29, 0.717) is 12.0 Å². The lowest BCUT2D eigenvalue weighted by atomic mass is 9.94. The van der Waals surface area contributed by atoms with E-state index in [9.17, 15) is 0 Å². The van der Waals surface area contributed by atoms with Crippen LogP contribution in [0, 0.1) is 12.8 Å². The van der Waals surface area contributed by atoms with Gasteiger partial charge in [0, 0.05) is 25.0 Å². The summed E-state index contributed by atoms with van der Waals surface area (Å²) in [5.74, 6) is 0.550. The van der Waals surface area contributed by atoms with Gasteiger partial charge in [-0.2, -0.15) is 0 Å². The van der Waals surface area contributed by atoms with Gasteiger partial charge in [-0.05, 0) is 47.6 Å². The van der Waals surface area contributed by atoms with Gasteiger partial charge < -0.3 is 5.32 Å². The highest BCUT2D eigenvalue weighted by Crippen LogP contribution is 2.23. The highest BCUT2D eigenvalue weighted by Gasteiger charge is 2.15. The zero-order valence-electron chi connectivity index (χ0n) is 13.6. The van der Waals surface area contributed by atoms with Crippen molar-refractivity contribution in [1.82, 2.24) is 10.3 Å². The van der Waals surface area contributed by atoms with Crippen molar-refractivity contribution in [3.8, 4) is 0 Å². The van der Waals surface area contributed by atoms with Crippen molar-refractivity contribution in [2.75, 3.05) is 0 Å². The van der Waals surface area contributed by atoms with E-state index in [1.165, 1.54) is 22.3 Å². The first-order valence-electron chi connectivity index (χ1n) is 7.83. The Labute approximate surface area is 128 Å². The average Bonchev–Trinajstić information content (AvgIpc) is 2.49. The monoisotopic (exact) mass is 282 g/mol. The molecule has 112 valence electrons. The molecule has 2 heteroatoms. The summed E-state index contributed by atoms with van der Waals surface area (Å²) in [4.78, 5) is 4.22. The van der Waals surface area contributed by atoms with Crippen molar-refractivity contribution in [3.63, 3.8) is 0 Å². The third kappa shape index (κ3) is 4.15. The highest BCUT2D eigenvalue weighted by molar-refractivity contribution is 5.26. The summed E-state index contributed by atoms with van der Waals surface area (Å²) in [6.45, 7) is 9.72. The minimum absolute atomic E-state index is 0.371. The van der Waals surface area contributed by atoms with Crippen LogP contribution >= 0.6 is 0 Å². The summed E-state index contributed by atoms with van der Waals surface area (Å²) in [6.07, 6.45) is 4.90. The number of hydrogen-bond donors (Lipinski definition) is 1. The molecular formula is C19H26N2. The molecule has 0 aliphatic carbocycles. The van der Waals surface area contributed by atoms with Crippen LogP contribution < -0.4 is 5.32 Å². The third-order valence-corrected chi connectivity index (χ3v) is 4.07. The molecule has 0 saturated heterocycles. The summed E-state index contributed by atoms with van der Waals surface area (Å²) in [6, 6.07) is 11.4. The Kier molecular flexibility index (Phi) is 5.51. The summed E-state index contributed by atoms with van der Waals surface area (Å²) in [5, 5.41) is 3.69. The van der Waals surface area contributed by atoms with Gasteiger partial charge in [-0.15, -0.1) is 0 Å². The molecule has 1 aromatic carbocycles. The van der Waals surface area contributed by atoms with E-state index in [0.717, 1.165) is 13.0 Å². The molecule has 2 rings (SSSR count). The first kappa shape index (κ1) is 15.7. The molecular weight excluding hydrogens is 256 g/mol. The second-order valence-corrected chi connectivity index (χ2v) is 6.00. The number of aryl methyl sites for hydroxylation is 2. The molecule has 2 nitrogen and oxygen atoms in total. The number of pyridine rings is 1. The zero-order chi connectivity index (χ0) is 15.2.